The van der Waals surface area contributed by atoms with E-state index in [0.717, 1.165) is 16.9 Å². The summed E-state index contributed by atoms with van der Waals surface area (Å²) in [5, 5.41) is 0.245. The molecule has 0 aliphatic carbocycles. The number of methoxy groups -OCH3 is 1. The standard InChI is InChI=1S/C18H19N3O3S/c1-11-9-19-15(12(2)17(11)24-4)10-25(23)18-20-14-7-5-6-8-16(14)21(18)13(3)22/h5-9H,10H2,1-4H3. The zero-order valence-corrected chi connectivity index (χ0v) is 15.4. The normalized spacial score (nSPS) is 12.4. The van der Waals surface area contributed by atoms with Crippen molar-refractivity contribution < 1.29 is 14.1 Å². The largest absolute Gasteiger partial charge is 0.609 e. The number of aromatic nitrogens is 3. The molecule has 7 heteroatoms. The van der Waals surface area contributed by atoms with E-state index in [1.165, 1.54) is 11.5 Å². The number of carbonyl (C=O) groups is 1. The van der Waals surface area contributed by atoms with Crippen molar-refractivity contribution in [2.45, 2.75) is 31.7 Å². The minimum absolute atomic E-state index is 0.166. The molecule has 25 heavy (non-hydrogen) atoms. The van der Waals surface area contributed by atoms with E-state index in [2.05, 4.69) is 9.97 Å². The number of pyridine rings is 1. The fourth-order valence-electron chi connectivity index (χ4n) is 2.87. The Morgan fingerprint density at radius 3 is 2.72 bits per heavy atom. The topological polar surface area (TPSA) is 80.1 Å². The summed E-state index contributed by atoms with van der Waals surface area (Å²) in [4.78, 5) is 20.9. The van der Waals surface area contributed by atoms with Gasteiger partial charge in [-0.3, -0.25) is 9.78 Å². The van der Waals surface area contributed by atoms with E-state index in [1.807, 2.05) is 26.0 Å². The van der Waals surface area contributed by atoms with Crippen LogP contribution < -0.4 is 4.74 Å². The lowest BCUT2D eigenvalue weighted by molar-refractivity contribution is 0.0930. The smallest absolute Gasteiger partial charge is 0.331 e. The van der Waals surface area contributed by atoms with E-state index >= 15 is 0 Å². The molecule has 0 spiro atoms. The van der Waals surface area contributed by atoms with E-state index in [-0.39, 0.29) is 16.8 Å². The summed E-state index contributed by atoms with van der Waals surface area (Å²) in [7, 11) is 1.60. The molecule has 3 aromatic rings. The van der Waals surface area contributed by atoms with Crippen LogP contribution in [-0.4, -0.2) is 32.1 Å². The lowest BCUT2D eigenvalue weighted by atomic mass is 10.1. The molecule has 0 aliphatic heterocycles. The summed E-state index contributed by atoms with van der Waals surface area (Å²) < 4.78 is 19.7. The lowest BCUT2D eigenvalue weighted by Crippen LogP contribution is -2.17. The Kier molecular flexibility index (Phi) is 4.78. The Balaban J connectivity index is 2.02. The van der Waals surface area contributed by atoms with E-state index in [4.69, 9.17) is 4.74 Å². The maximum Gasteiger partial charge on any atom is 0.331 e. The SMILES string of the molecule is COc1c(C)cnc(C[S+]([O-])c2nc3ccccc3n2C(C)=O)c1C. The second-order valence-electron chi connectivity index (χ2n) is 5.77. The summed E-state index contributed by atoms with van der Waals surface area (Å²) in [5.41, 5.74) is 3.74. The van der Waals surface area contributed by atoms with E-state index < -0.39 is 11.2 Å². The number of carbonyl (C=O) groups excluding carboxylic acids is 1. The number of aryl methyl sites for hydroxylation is 1. The van der Waals surface area contributed by atoms with Gasteiger partial charge in [-0.05, 0) is 26.0 Å². The van der Waals surface area contributed by atoms with E-state index in [1.54, 1.807) is 25.4 Å². The molecule has 1 aromatic carbocycles. The highest BCUT2D eigenvalue weighted by molar-refractivity contribution is 7.90. The summed E-state index contributed by atoms with van der Waals surface area (Å²) in [5.74, 6) is 0.685. The first kappa shape index (κ1) is 17.4. The van der Waals surface area contributed by atoms with Gasteiger partial charge in [0.1, 0.15) is 5.75 Å². The Bertz CT molecular complexity index is 952. The fraction of sp³-hybridized carbons (Fsp3) is 0.278. The predicted octanol–water partition coefficient (Wildman–Crippen LogP) is 3.02. The summed E-state index contributed by atoms with van der Waals surface area (Å²) in [6, 6.07) is 7.26. The first-order valence-electron chi connectivity index (χ1n) is 7.80. The van der Waals surface area contributed by atoms with Crippen molar-refractivity contribution >= 4 is 28.1 Å². The molecule has 2 heterocycles. The number of benzene rings is 1. The van der Waals surface area contributed by atoms with Crippen LogP contribution >= 0.6 is 0 Å². The maximum atomic E-state index is 12.9. The minimum Gasteiger partial charge on any atom is -0.609 e. The van der Waals surface area contributed by atoms with E-state index in [9.17, 15) is 9.35 Å². The monoisotopic (exact) mass is 357 g/mol. The van der Waals surface area contributed by atoms with Crippen molar-refractivity contribution in [2.24, 2.45) is 0 Å². The molecule has 1 unspecified atom stereocenters. The number of rotatable bonds is 4. The second kappa shape index (κ2) is 6.85. The Morgan fingerprint density at radius 2 is 2.04 bits per heavy atom. The van der Waals surface area contributed by atoms with Crippen molar-refractivity contribution in [2.75, 3.05) is 7.11 Å². The Hall–Kier alpha value is -2.38. The van der Waals surface area contributed by atoms with Crippen molar-refractivity contribution in [1.29, 1.82) is 0 Å². The lowest BCUT2D eigenvalue weighted by Gasteiger charge is -2.14. The zero-order chi connectivity index (χ0) is 18.1. The summed E-state index contributed by atoms with van der Waals surface area (Å²) in [6.45, 7) is 5.24. The highest BCUT2D eigenvalue weighted by Gasteiger charge is 2.26. The molecule has 2 aromatic heterocycles. The van der Waals surface area contributed by atoms with Crippen LogP contribution in [0, 0.1) is 13.8 Å². The van der Waals surface area contributed by atoms with Crippen LogP contribution in [-0.2, 0) is 16.9 Å². The van der Waals surface area contributed by atoms with Crippen molar-refractivity contribution in [1.82, 2.24) is 14.5 Å². The number of imidazole rings is 1. The number of para-hydroxylation sites is 2. The predicted molar refractivity (Wildman–Crippen MR) is 96.4 cm³/mol. The number of fused-ring (bicyclic) bond motifs is 1. The van der Waals surface area contributed by atoms with Gasteiger partial charge in [-0.1, -0.05) is 12.1 Å². The van der Waals surface area contributed by atoms with Gasteiger partial charge in [0.2, 0.25) is 5.91 Å². The third-order valence-corrected chi connectivity index (χ3v) is 5.28. The van der Waals surface area contributed by atoms with Crippen LogP contribution in [0.2, 0.25) is 0 Å². The zero-order valence-electron chi connectivity index (χ0n) is 14.6. The molecule has 0 saturated heterocycles. The van der Waals surface area contributed by atoms with Gasteiger partial charge in [0.05, 0.1) is 23.8 Å². The molecule has 0 aliphatic rings. The molecular formula is C18H19N3O3S. The van der Waals surface area contributed by atoms with Crippen LogP contribution in [0.5, 0.6) is 5.75 Å². The Morgan fingerprint density at radius 1 is 1.32 bits per heavy atom. The first-order valence-corrected chi connectivity index (χ1v) is 9.11. The molecule has 0 N–H and O–H groups in total. The van der Waals surface area contributed by atoms with Gasteiger partial charge >= 0.3 is 5.16 Å². The average molecular weight is 357 g/mol. The molecule has 0 fully saturated rings. The number of ether oxygens (including phenoxy) is 1. The third-order valence-electron chi connectivity index (χ3n) is 4.07. The molecule has 0 saturated carbocycles. The molecule has 3 rings (SSSR count). The highest BCUT2D eigenvalue weighted by Crippen LogP contribution is 2.27. The third kappa shape index (κ3) is 3.12. The van der Waals surface area contributed by atoms with Crippen LogP contribution in [0.1, 0.15) is 28.5 Å². The molecular weight excluding hydrogens is 338 g/mol. The Labute approximate surface area is 149 Å². The van der Waals surface area contributed by atoms with Crippen LogP contribution in [0.15, 0.2) is 35.6 Å². The minimum atomic E-state index is -1.51. The van der Waals surface area contributed by atoms with Gasteiger partial charge in [0.25, 0.3) is 0 Å². The van der Waals surface area contributed by atoms with Crippen LogP contribution in [0.25, 0.3) is 11.0 Å². The number of nitrogens with zero attached hydrogens (tertiary/aromatic N) is 3. The number of hydrogen-bond donors (Lipinski definition) is 0. The molecule has 0 bridgehead atoms. The second-order valence-corrected chi connectivity index (χ2v) is 7.12. The van der Waals surface area contributed by atoms with Gasteiger partial charge in [-0.25, -0.2) is 4.57 Å². The first-order chi connectivity index (χ1) is 11.9. The van der Waals surface area contributed by atoms with Gasteiger partial charge < -0.3 is 9.29 Å². The number of hydrogen-bond acceptors (Lipinski definition) is 5. The van der Waals surface area contributed by atoms with Gasteiger partial charge in [-0.2, -0.15) is 4.98 Å². The summed E-state index contributed by atoms with van der Waals surface area (Å²) in [6.07, 6.45) is 1.70. The van der Waals surface area contributed by atoms with Gasteiger partial charge in [-0.15, -0.1) is 0 Å². The molecule has 130 valence electrons. The van der Waals surface area contributed by atoms with Crippen LogP contribution in [0.3, 0.4) is 0 Å². The molecule has 6 nitrogen and oxygen atoms in total. The maximum absolute atomic E-state index is 12.9. The van der Waals surface area contributed by atoms with Gasteiger partial charge in [0, 0.05) is 35.4 Å². The summed E-state index contributed by atoms with van der Waals surface area (Å²) >= 11 is -1.51. The van der Waals surface area contributed by atoms with Crippen molar-refractivity contribution in [3.8, 4) is 5.75 Å². The average Bonchev–Trinajstić information content (AvgIpc) is 2.97. The van der Waals surface area contributed by atoms with Crippen molar-refractivity contribution in [3.63, 3.8) is 0 Å². The fourth-order valence-corrected chi connectivity index (χ4v) is 4.17. The molecule has 0 amide bonds. The van der Waals surface area contributed by atoms with Crippen molar-refractivity contribution in [3.05, 3.63) is 47.3 Å². The van der Waals surface area contributed by atoms with Gasteiger partial charge in [0.15, 0.2) is 5.75 Å². The quantitative estimate of drug-likeness (QED) is 0.671. The highest BCUT2D eigenvalue weighted by atomic mass is 32.2. The van der Waals surface area contributed by atoms with E-state index in [0.29, 0.717) is 16.7 Å². The molecule has 0 radical (unpaired) electrons. The molecule has 1 atom stereocenters. The van der Waals surface area contributed by atoms with Crippen LogP contribution in [0.4, 0.5) is 0 Å².